The van der Waals surface area contributed by atoms with Gasteiger partial charge in [0.25, 0.3) is 0 Å². The van der Waals surface area contributed by atoms with Gasteiger partial charge in [-0.1, -0.05) is 0 Å². The van der Waals surface area contributed by atoms with Crippen molar-refractivity contribution >= 4 is 17.0 Å². The first kappa shape index (κ1) is 16.5. The normalized spacial score (nSPS) is 22.3. The summed E-state index contributed by atoms with van der Waals surface area (Å²) in [5.41, 5.74) is 4.91. The fourth-order valence-electron chi connectivity index (χ4n) is 3.67. The third-order valence-electron chi connectivity index (χ3n) is 5.27. The van der Waals surface area contributed by atoms with Crippen LogP contribution in [0.25, 0.3) is 11.2 Å². The maximum atomic E-state index is 5.65. The van der Waals surface area contributed by atoms with Crippen molar-refractivity contribution in [2.45, 2.75) is 38.3 Å². The van der Waals surface area contributed by atoms with E-state index >= 15 is 0 Å². The van der Waals surface area contributed by atoms with Gasteiger partial charge in [0.15, 0.2) is 11.9 Å². The number of rotatable bonds is 5. The number of piperidine rings is 1. The van der Waals surface area contributed by atoms with Crippen molar-refractivity contribution in [3.05, 3.63) is 24.2 Å². The van der Waals surface area contributed by atoms with Crippen LogP contribution in [0.4, 0.5) is 0 Å². The summed E-state index contributed by atoms with van der Waals surface area (Å²) < 4.78 is 2.06. The Labute approximate surface area is 148 Å². The van der Waals surface area contributed by atoms with Gasteiger partial charge < -0.3 is 9.47 Å². The zero-order valence-electron chi connectivity index (χ0n) is 15.0. The van der Waals surface area contributed by atoms with E-state index in [-0.39, 0.29) is 6.23 Å². The van der Waals surface area contributed by atoms with Crippen LogP contribution >= 0.6 is 0 Å². The number of nitrogens with one attached hydrogen (secondary N) is 1. The second-order valence-corrected chi connectivity index (χ2v) is 7.17. The molecule has 7 heteroatoms. The topological polar surface area (TPSA) is 67.6 Å². The van der Waals surface area contributed by atoms with Gasteiger partial charge in [0, 0.05) is 32.5 Å². The summed E-state index contributed by atoms with van der Waals surface area (Å²) in [6, 6.07) is 3.92. The van der Waals surface area contributed by atoms with Crippen molar-refractivity contribution in [1.82, 2.24) is 24.9 Å². The number of aryl methyl sites for hydroxylation is 2. The summed E-state index contributed by atoms with van der Waals surface area (Å²) in [5.74, 6) is 2.75. The first-order valence-electron chi connectivity index (χ1n) is 9.12. The van der Waals surface area contributed by atoms with Gasteiger partial charge in [-0.25, -0.2) is 19.8 Å². The van der Waals surface area contributed by atoms with Crippen molar-refractivity contribution in [1.29, 1.82) is 0 Å². The number of nitrogens with zero attached hydrogens (tertiary/aromatic N) is 5. The highest BCUT2D eigenvalue weighted by Gasteiger charge is 2.23. The van der Waals surface area contributed by atoms with E-state index < -0.39 is 0 Å². The fourth-order valence-corrected chi connectivity index (χ4v) is 3.67. The SMILES string of the molecule is CN1CCC(CC2=NC(CCc3nc4cccnc4n3C)ON2)CC1. The number of aliphatic imine (C=N–C) groups is 1. The van der Waals surface area contributed by atoms with Crippen LogP contribution in [0.5, 0.6) is 0 Å². The molecule has 1 N–H and O–H groups in total. The van der Waals surface area contributed by atoms with Gasteiger partial charge >= 0.3 is 0 Å². The van der Waals surface area contributed by atoms with Gasteiger partial charge in [-0.3, -0.25) is 5.48 Å². The third-order valence-corrected chi connectivity index (χ3v) is 5.27. The summed E-state index contributed by atoms with van der Waals surface area (Å²) in [6.45, 7) is 2.37. The zero-order valence-corrected chi connectivity index (χ0v) is 15.0. The molecule has 25 heavy (non-hydrogen) atoms. The molecule has 0 aliphatic carbocycles. The highest BCUT2D eigenvalue weighted by Crippen LogP contribution is 2.22. The smallest absolute Gasteiger partial charge is 0.177 e. The van der Waals surface area contributed by atoms with Gasteiger partial charge in [0.2, 0.25) is 0 Å². The lowest BCUT2D eigenvalue weighted by Gasteiger charge is -2.28. The molecule has 134 valence electrons. The van der Waals surface area contributed by atoms with Crippen molar-refractivity contribution in [3.63, 3.8) is 0 Å². The largest absolute Gasteiger partial charge is 0.316 e. The van der Waals surface area contributed by atoms with Gasteiger partial charge in [-0.2, -0.15) is 0 Å². The number of hydrogen-bond acceptors (Lipinski definition) is 6. The number of pyridine rings is 1. The summed E-state index contributed by atoms with van der Waals surface area (Å²) in [5, 5.41) is 0. The Morgan fingerprint density at radius 2 is 2.12 bits per heavy atom. The Morgan fingerprint density at radius 3 is 2.92 bits per heavy atom. The molecule has 7 nitrogen and oxygen atoms in total. The molecule has 0 aromatic carbocycles. The van der Waals surface area contributed by atoms with Crippen LogP contribution in [-0.2, 0) is 18.3 Å². The Balaban J connectivity index is 1.32. The number of amidine groups is 1. The molecule has 1 atom stereocenters. The first-order valence-corrected chi connectivity index (χ1v) is 9.12. The van der Waals surface area contributed by atoms with E-state index in [1.54, 1.807) is 6.20 Å². The average molecular weight is 342 g/mol. The second-order valence-electron chi connectivity index (χ2n) is 7.17. The molecule has 2 aromatic heterocycles. The summed E-state index contributed by atoms with van der Waals surface area (Å²) in [4.78, 5) is 21.8. The molecule has 2 aliphatic rings. The highest BCUT2D eigenvalue weighted by atomic mass is 16.7. The molecule has 0 radical (unpaired) electrons. The predicted molar refractivity (Wildman–Crippen MR) is 97.1 cm³/mol. The van der Waals surface area contributed by atoms with Crippen LogP contribution in [0.2, 0.25) is 0 Å². The molecule has 4 heterocycles. The van der Waals surface area contributed by atoms with E-state index in [1.807, 2.05) is 19.2 Å². The number of likely N-dealkylation sites (tertiary alicyclic amines) is 1. The quantitative estimate of drug-likeness (QED) is 0.899. The third kappa shape index (κ3) is 3.67. The lowest BCUT2D eigenvalue weighted by molar-refractivity contribution is 0.0322. The average Bonchev–Trinajstić information content (AvgIpc) is 3.20. The van der Waals surface area contributed by atoms with Crippen LogP contribution in [0.3, 0.4) is 0 Å². The van der Waals surface area contributed by atoms with Crippen molar-refractivity contribution in [2.75, 3.05) is 20.1 Å². The fraction of sp³-hybridized carbons (Fsp3) is 0.611. The molecule has 1 fully saturated rings. The maximum absolute atomic E-state index is 5.65. The van der Waals surface area contributed by atoms with E-state index in [1.165, 1.54) is 25.9 Å². The van der Waals surface area contributed by atoms with Crippen molar-refractivity contribution in [3.8, 4) is 0 Å². The Kier molecular flexibility index (Phi) is 4.67. The predicted octanol–water partition coefficient (Wildman–Crippen LogP) is 1.89. The number of hydroxylamine groups is 1. The van der Waals surface area contributed by atoms with Crippen molar-refractivity contribution in [2.24, 2.45) is 18.0 Å². The molecule has 2 aromatic rings. The van der Waals surface area contributed by atoms with Gasteiger partial charge in [0.1, 0.15) is 17.2 Å². The summed E-state index contributed by atoms with van der Waals surface area (Å²) in [7, 11) is 4.21. The maximum Gasteiger partial charge on any atom is 0.177 e. The standard InChI is InChI=1S/C18H26N6O/c1-23-10-7-13(8-11-23)12-15-21-17(25-22-15)6-5-16-20-14-4-3-9-19-18(14)24(16)2/h3-4,9,13,17H,5-8,10-12H2,1-2H3,(H,21,22). The van der Waals surface area contributed by atoms with Gasteiger partial charge in [0.05, 0.1) is 0 Å². The lowest BCUT2D eigenvalue weighted by atomic mass is 9.93. The highest BCUT2D eigenvalue weighted by molar-refractivity contribution is 5.82. The van der Waals surface area contributed by atoms with E-state index in [2.05, 4.69) is 32.0 Å². The molecule has 0 amide bonds. The van der Waals surface area contributed by atoms with Crippen molar-refractivity contribution < 1.29 is 4.84 Å². The van der Waals surface area contributed by atoms with E-state index in [9.17, 15) is 0 Å². The first-order chi connectivity index (χ1) is 12.2. The Bertz CT molecular complexity index is 762. The number of aromatic nitrogens is 3. The Morgan fingerprint density at radius 1 is 1.28 bits per heavy atom. The molecule has 0 saturated carbocycles. The minimum atomic E-state index is -0.117. The lowest BCUT2D eigenvalue weighted by Crippen LogP contribution is -2.32. The number of hydrogen-bond donors (Lipinski definition) is 1. The monoisotopic (exact) mass is 342 g/mol. The molecule has 1 saturated heterocycles. The van der Waals surface area contributed by atoms with E-state index in [0.717, 1.165) is 48.0 Å². The molecule has 1 unspecified atom stereocenters. The summed E-state index contributed by atoms with van der Waals surface area (Å²) in [6.07, 6.45) is 6.82. The van der Waals surface area contributed by atoms with Crippen LogP contribution in [0.15, 0.2) is 23.3 Å². The zero-order chi connectivity index (χ0) is 17.2. The minimum Gasteiger partial charge on any atom is -0.316 e. The number of imidazole rings is 1. The molecule has 0 spiro atoms. The summed E-state index contributed by atoms with van der Waals surface area (Å²) >= 11 is 0. The van der Waals surface area contributed by atoms with Crippen LogP contribution in [0.1, 0.15) is 31.5 Å². The number of fused-ring (bicyclic) bond motifs is 1. The van der Waals surface area contributed by atoms with Crippen LogP contribution in [0, 0.1) is 5.92 Å². The minimum absolute atomic E-state index is 0.117. The van der Waals surface area contributed by atoms with E-state index in [4.69, 9.17) is 9.83 Å². The van der Waals surface area contributed by atoms with Gasteiger partial charge in [-0.15, -0.1) is 0 Å². The molecule has 0 bridgehead atoms. The second kappa shape index (κ2) is 7.09. The van der Waals surface area contributed by atoms with Gasteiger partial charge in [-0.05, 0) is 51.0 Å². The molecule has 2 aliphatic heterocycles. The Hall–Kier alpha value is -1.99. The molecular formula is C18H26N6O. The molecular weight excluding hydrogens is 316 g/mol. The van der Waals surface area contributed by atoms with Crippen LogP contribution in [-0.4, -0.2) is 51.6 Å². The van der Waals surface area contributed by atoms with Crippen LogP contribution < -0.4 is 5.48 Å². The molecule has 4 rings (SSSR count). The van der Waals surface area contributed by atoms with E-state index in [0.29, 0.717) is 0 Å².